The summed E-state index contributed by atoms with van der Waals surface area (Å²) < 4.78 is 6.10. The molecule has 3 aromatic rings. The van der Waals surface area contributed by atoms with E-state index in [2.05, 4.69) is 15.6 Å². The van der Waals surface area contributed by atoms with Gasteiger partial charge in [-0.1, -0.05) is 22.8 Å². The minimum atomic E-state index is -0.469. The Balaban J connectivity index is 1.88. The molecule has 118 valence electrons. The van der Waals surface area contributed by atoms with Gasteiger partial charge in [-0.05, 0) is 32.0 Å². The van der Waals surface area contributed by atoms with Gasteiger partial charge in [0.15, 0.2) is 5.52 Å². The molecule has 3 rings (SSSR count). The summed E-state index contributed by atoms with van der Waals surface area (Å²) in [5.41, 5.74) is 0.828. The van der Waals surface area contributed by atoms with Gasteiger partial charge in [-0.3, -0.25) is 9.59 Å². The quantitative estimate of drug-likeness (QED) is 0.794. The summed E-state index contributed by atoms with van der Waals surface area (Å²) in [5, 5.41) is 11.7. The summed E-state index contributed by atoms with van der Waals surface area (Å²) in [6.45, 7) is 3.21. The van der Waals surface area contributed by atoms with E-state index in [1.807, 2.05) is 0 Å². The van der Waals surface area contributed by atoms with Crippen molar-refractivity contribution in [3.05, 3.63) is 51.1 Å². The number of anilines is 1. The van der Waals surface area contributed by atoms with Crippen LogP contribution in [0, 0.1) is 13.8 Å². The van der Waals surface area contributed by atoms with Gasteiger partial charge in [0.1, 0.15) is 12.3 Å². The van der Waals surface area contributed by atoms with E-state index in [1.54, 1.807) is 38.1 Å². The Hall–Kier alpha value is -2.67. The first-order chi connectivity index (χ1) is 11.0. The van der Waals surface area contributed by atoms with Crippen molar-refractivity contribution < 1.29 is 9.32 Å². The lowest BCUT2D eigenvalue weighted by Gasteiger charge is -2.08. The van der Waals surface area contributed by atoms with E-state index < -0.39 is 5.56 Å². The van der Waals surface area contributed by atoms with E-state index in [-0.39, 0.29) is 18.0 Å². The predicted octanol–water partition coefficient (Wildman–Crippen LogP) is 2.29. The molecule has 7 nitrogen and oxygen atoms in total. The molecule has 8 heteroatoms. The molecule has 1 N–H and O–H groups in total. The summed E-state index contributed by atoms with van der Waals surface area (Å²) in [4.78, 5) is 24.4. The molecular weight excluding hydrogens is 320 g/mol. The van der Waals surface area contributed by atoms with Crippen molar-refractivity contribution in [1.82, 2.24) is 14.9 Å². The van der Waals surface area contributed by atoms with Crippen LogP contribution >= 0.6 is 11.6 Å². The van der Waals surface area contributed by atoms with Crippen molar-refractivity contribution in [3.63, 3.8) is 0 Å². The van der Waals surface area contributed by atoms with E-state index in [0.717, 1.165) is 4.68 Å². The minimum Gasteiger partial charge on any atom is -0.360 e. The number of aromatic nitrogens is 3. The van der Waals surface area contributed by atoms with E-state index in [1.165, 1.54) is 0 Å². The third-order valence-electron chi connectivity index (χ3n) is 3.33. The smallest absolute Gasteiger partial charge is 0.297 e. The molecule has 0 spiro atoms. The van der Waals surface area contributed by atoms with Crippen LogP contribution in [0.4, 0.5) is 5.69 Å². The second kappa shape index (κ2) is 5.85. The van der Waals surface area contributed by atoms with Gasteiger partial charge in [0.05, 0.1) is 11.1 Å². The molecule has 2 heterocycles. The first-order valence-electron chi connectivity index (χ1n) is 6.85. The Morgan fingerprint density at radius 1 is 1.39 bits per heavy atom. The first-order valence-corrected chi connectivity index (χ1v) is 7.22. The maximum absolute atomic E-state index is 12.3. The maximum Gasteiger partial charge on any atom is 0.297 e. The van der Waals surface area contributed by atoms with Gasteiger partial charge < -0.3 is 9.84 Å². The lowest BCUT2D eigenvalue weighted by molar-refractivity contribution is -0.117. The Labute approximate surface area is 135 Å². The number of aryl methyl sites for hydroxylation is 2. The summed E-state index contributed by atoms with van der Waals surface area (Å²) in [6.07, 6.45) is 0. The number of nitrogens with zero attached hydrogens (tertiary/aromatic N) is 3. The van der Waals surface area contributed by atoms with Crippen molar-refractivity contribution in [2.24, 2.45) is 0 Å². The molecule has 0 aliphatic heterocycles. The van der Waals surface area contributed by atoms with Crippen LogP contribution < -0.4 is 10.9 Å². The number of fused-ring (bicyclic) bond motifs is 1. The Kier molecular flexibility index (Phi) is 3.87. The molecular formula is C15H13ClN4O3. The van der Waals surface area contributed by atoms with Gasteiger partial charge in [0.25, 0.3) is 5.56 Å². The number of amides is 1. The number of halogens is 1. The number of carbonyl (C=O) groups excluding carboxylic acids is 1. The van der Waals surface area contributed by atoms with Crippen LogP contribution in [0.15, 0.2) is 33.6 Å². The number of nitrogens with one attached hydrogen (secondary N) is 1. The number of benzene rings is 1. The van der Waals surface area contributed by atoms with Crippen molar-refractivity contribution in [1.29, 1.82) is 0 Å². The maximum atomic E-state index is 12.3. The zero-order chi connectivity index (χ0) is 16.6. The van der Waals surface area contributed by atoms with Crippen molar-refractivity contribution in [2.45, 2.75) is 20.4 Å². The van der Waals surface area contributed by atoms with Crippen LogP contribution in [0.5, 0.6) is 0 Å². The highest BCUT2D eigenvalue weighted by molar-refractivity contribution is 6.30. The zero-order valence-corrected chi connectivity index (χ0v) is 13.2. The van der Waals surface area contributed by atoms with Crippen LogP contribution in [0.1, 0.15) is 11.5 Å². The molecule has 0 atom stereocenters. The number of carbonyl (C=O) groups is 1. The fourth-order valence-corrected chi connectivity index (χ4v) is 2.54. The third kappa shape index (κ3) is 2.95. The molecule has 0 aliphatic rings. The molecule has 0 fully saturated rings. The zero-order valence-electron chi connectivity index (χ0n) is 12.5. The Bertz CT molecular complexity index is 961. The topological polar surface area (TPSA) is 90.0 Å². The first kappa shape index (κ1) is 15.2. The number of hydrogen-bond donors (Lipinski definition) is 1. The van der Waals surface area contributed by atoms with Crippen LogP contribution in [-0.4, -0.2) is 20.8 Å². The molecule has 0 saturated carbocycles. The number of rotatable bonds is 3. The van der Waals surface area contributed by atoms with Crippen LogP contribution in [-0.2, 0) is 11.3 Å². The average Bonchev–Trinajstić information content (AvgIpc) is 2.87. The second-order valence-corrected chi connectivity index (χ2v) is 5.51. The van der Waals surface area contributed by atoms with Gasteiger partial charge in [-0.15, -0.1) is 0 Å². The van der Waals surface area contributed by atoms with E-state index >= 15 is 0 Å². The summed E-state index contributed by atoms with van der Waals surface area (Å²) in [5.74, 6) is 0.137. The number of hydrogen-bond acceptors (Lipinski definition) is 5. The molecule has 0 aliphatic carbocycles. The Morgan fingerprint density at radius 2 is 2.17 bits per heavy atom. The van der Waals surface area contributed by atoms with E-state index in [4.69, 9.17) is 16.1 Å². The lowest BCUT2D eigenvalue weighted by atomic mass is 10.2. The van der Waals surface area contributed by atoms with Gasteiger partial charge in [0.2, 0.25) is 5.91 Å². The summed E-state index contributed by atoms with van der Waals surface area (Å²) in [6, 6.07) is 6.74. The predicted molar refractivity (Wildman–Crippen MR) is 85.6 cm³/mol. The fraction of sp³-hybridized carbons (Fsp3) is 0.200. The molecule has 1 aromatic carbocycles. The Morgan fingerprint density at radius 3 is 2.91 bits per heavy atom. The van der Waals surface area contributed by atoms with Crippen molar-refractivity contribution in [2.75, 3.05) is 5.32 Å². The molecule has 0 bridgehead atoms. The molecule has 0 radical (unpaired) electrons. The molecule has 1 amide bonds. The van der Waals surface area contributed by atoms with Crippen LogP contribution in [0.25, 0.3) is 10.9 Å². The molecule has 0 unspecified atom stereocenters. The van der Waals surface area contributed by atoms with E-state index in [0.29, 0.717) is 27.6 Å². The highest BCUT2D eigenvalue weighted by Crippen LogP contribution is 2.17. The van der Waals surface area contributed by atoms with Gasteiger partial charge in [0, 0.05) is 10.7 Å². The van der Waals surface area contributed by atoms with Gasteiger partial charge in [-0.25, -0.2) is 4.68 Å². The SMILES string of the molecule is Cc1nn(CC(=O)Nc2cccc(Cl)c2)c(=O)c2noc(C)c12. The third-order valence-corrected chi connectivity index (χ3v) is 3.57. The van der Waals surface area contributed by atoms with Crippen LogP contribution in [0.3, 0.4) is 0 Å². The highest BCUT2D eigenvalue weighted by atomic mass is 35.5. The van der Waals surface area contributed by atoms with Gasteiger partial charge >= 0.3 is 0 Å². The highest BCUT2D eigenvalue weighted by Gasteiger charge is 2.16. The largest absolute Gasteiger partial charge is 0.360 e. The monoisotopic (exact) mass is 332 g/mol. The van der Waals surface area contributed by atoms with Gasteiger partial charge in [-0.2, -0.15) is 5.10 Å². The second-order valence-electron chi connectivity index (χ2n) is 5.07. The molecule has 23 heavy (non-hydrogen) atoms. The minimum absolute atomic E-state index is 0.172. The summed E-state index contributed by atoms with van der Waals surface area (Å²) >= 11 is 5.86. The lowest BCUT2D eigenvalue weighted by Crippen LogP contribution is -2.30. The summed E-state index contributed by atoms with van der Waals surface area (Å²) in [7, 11) is 0. The molecule has 2 aromatic heterocycles. The molecule has 0 saturated heterocycles. The van der Waals surface area contributed by atoms with Crippen LogP contribution in [0.2, 0.25) is 5.02 Å². The normalized spacial score (nSPS) is 10.9. The van der Waals surface area contributed by atoms with E-state index in [9.17, 15) is 9.59 Å². The van der Waals surface area contributed by atoms with Crippen molar-refractivity contribution in [3.8, 4) is 0 Å². The average molecular weight is 333 g/mol. The standard InChI is InChI=1S/C15H13ClN4O3/c1-8-13-9(2)23-19-14(13)15(22)20(18-8)7-12(21)17-11-5-3-4-10(16)6-11/h3-6H,7H2,1-2H3,(H,17,21). The van der Waals surface area contributed by atoms with Crippen molar-refractivity contribution >= 4 is 34.1 Å². The fourth-order valence-electron chi connectivity index (χ4n) is 2.35.